The Morgan fingerprint density at radius 3 is 2.34 bits per heavy atom. The molecule has 4 rings (SSSR count). The Kier molecular flexibility index (Phi) is 6.59. The fourth-order valence-electron chi connectivity index (χ4n) is 3.27. The smallest absolute Gasteiger partial charge is 0.239 e. The van der Waals surface area contributed by atoms with E-state index in [2.05, 4.69) is 0 Å². The van der Waals surface area contributed by atoms with Crippen LogP contribution in [0.4, 0.5) is 5.69 Å². The minimum atomic E-state index is -4.00. The zero-order chi connectivity index (χ0) is 22.7. The number of primary sulfonamides is 1. The summed E-state index contributed by atoms with van der Waals surface area (Å²) in [7, 11) is -4.00. The van der Waals surface area contributed by atoms with Gasteiger partial charge in [-0.05, 0) is 29.8 Å². The van der Waals surface area contributed by atoms with E-state index in [4.69, 9.17) is 21.7 Å². The summed E-state index contributed by atoms with van der Waals surface area (Å²) in [6.07, 6.45) is -0.788. The number of para-hydroxylation sites is 1. The molecule has 3 N–H and O–H groups in total. The molecule has 32 heavy (non-hydrogen) atoms. The van der Waals surface area contributed by atoms with Crippen LogP contribution in [0.1, 0.15) is 11.7 Å². The molecule has 0 fully saturated rings. The molecule has 6 nitrogen and oxygen atoms in total. The van der Waals surface area contributed by atoms with Gasteiger partial charge in [0.25, 0.3) is 0 Å². The number of aliphatic hydroxyl groups excluding tert-OH is 1. The molecule has 0 amide bonds. The summed E-state index contributed by atoms with van der Waals surface area (Å²) in [5.74, 6) is 0. The second-order valence-electron chi connectivity index (χ2n) is 7.08. The molecule has 0 bridgehead atoms. The Morgan fingerprint density at radius 1 is 1.03 bits per heavy atom. The molecule has 0 radical (unpaired) electrons. The van der Waals surface area contributed by atoms with Crippen molar-refractivity contribution in [3.8, 4) is 11.3 Å². The van der Waals surface area contributed by atoms with Crippen molar-refractivity contribution >= 4 is 38.6 Å². The van der Waals surface area contributed by atoms with Crippen LogP contribution in [0.15, 0.2) is 94.1 Å². The second kappa shape index (κ2) is 9.40. The van der Waals surface area contributed by atoms with Crippen molar-refractivity contribution in [2.75, 3.05) is 0 Å². The third kappa shape index (κ3) is 5.01. The minimum absolute atomic E-state index is 0.0524. The van der Waals surface area contributed by atoms with E-state index >= 15 is 0 Å². The van der Waals surface area contributed by atoms with Gasteiger partial charge >= 0.3 is 0 Å². The fraction of sp³-hybridized carbons (Fsp3) is 0.0870. The van der Waals surface area contributed by atoms with E-state index in [1.165, 1.54) is 23.5 Å². The molecule has 1 atom stereocenters. The predicted molar refractivity (Wildman–Crippen MR) is 127 cm³/mol. The Balaban J connectivity index is 1.86. The van der Waals surface area contributed by atoms with Gasteiger partial charge in [-0.15, -0.1) is 11.3 Å². The molecule has 0 saturated heterocycles. The van der Waals surface area contributed by atoms with E-state index in [0.29, 0.717) is 16.1 Å². The summed E-state index contributed by atoms with van der Waals surface area (Å²) < 4.78 is 25.8. The summed E-state index contributed by atoms with van der Waals surface area (Å²) in [5.41, 5.74) is 2.83. The highest BCUT2D eigenvalue weighted by molar-refractivity contribution is 7.89. The average molecular weight is 486 g/mol. The van der Waals surface area contributed by atoms with Crippen LogP contribution in [-0.4, -0.2) is 18.1 Å². The molecule has 1 aromatic heterocycles. The molecule has 0 spiro atoms. The second-order valence-corrected chi connectivity index (χ2v) is 9.85. The molecule has 3 aromatic carbocycles. The Bertz CT molecular complexity index is 1400. The standard InChI is InChI=1S/C23H20ClN3O3S2/c24-19-12-11-17(13-22(19)32(25,29)30)20-15-31-23(26-18-9-5-2-6-10-18)27(20)14-21(28)16-7-3-1-4-8-16/h1-13,15,21,28H,14H2,(H2,25,29,30). The molecule has 1 heterocycles. The first-order valence-corrected chi connectivity index (χ1v) is 12.5. The number of hydrogen-bond acceptors (Lipinski definition) is 5. The van der Waals surface area contributed by atoms with Crippen LogP contribution >= 0.6 is 22.9 Å². The number of sulfonamides is 1. The molecular formula is C23H20ClN3O3S2. The van der Waals surface area contributed by atoms with Gasteiger partial charge in [-0.3, -0.25) is 0 Å². The largest absolute Gasteiger partial charge is 0.387 e. The summed E-state index contributed by atoms with van der Waals surface area (Å²) in [4.78, 5) is 5.23. The number of rotatable bonds is 6. The molecule has 4 aromatic rings. The van der Waals surface area contributed by atoms with E-state index in [1.807, 2.05) is 70.6 Å². The number of halogens is 1. The monoisotopic (exact) mass is 485 g/mol. The van der Waals surface area contributed by atoms with Crippen LogP contribution in [0.2, 0.25) is 5.02 Å². The summed E-state index contributed by atoms with van der Waals surface area (Å²) >= 11 is 7.46. The van der Waals surface area contributed by atoms with Crippen molar-refractivity contribution in [1.82, 2.24) is 4.57 Å². The normalized spacial score (nSPS) is 13.3. The molecule has 0 saturated carbocycles. The first-order valence-electron chi connectivity index (χ1n) is 9.67. The number of aliphatic hydroxyl groups is 1. The van der Waals surface area contributed by atoms with E-state index in [9.17, 15) is 13.5 Å². The molecular weight excluding hydrogens is 466 g/mol. The van der Waals surface area contributed by atoms with Gasteiger partial charge in [0.05, 0.1) is 29.1 Å². The van der Waals surface area contributed by atoms with Gasteiger partial charge in [-0.1, -0.05) is 66.2 Å². The van der Waals surface area contributed by atoms with Gasteiger partial charge in [-0.25, -0.2) is 18.5 Å². The van der Waals surface area contributed by atoms with Gasteiger partial charge in [0.2, 0.25) is 10.0 Å². The maximum atomic E-state index is 12.0. The molecule has 164 valence electrons. The van der Waals surface area contributed by atoms with Gasteiger partial charge < -0.3 is 9.67 Å². The van der Waals surface area contributed by atoms with E-state index < -0.39 is 16.1 Å². The van der Waals surface area contributed by atoms with Gasteiger partial charge in [0, 0.05) is 10.9 Å². The van der Waals surface area contributed by atoms with Crippen LogP contribution in [0.3, 0.4) is 0 Å². The minimum Gasteiger partial charge on any atom is -0.387 e. The topological polar surface area (TPSA) is 97.7 Å². The number of hydrogen-bond donors (Lipinski definition) is 2. The van der Waals surface area contributed by atoms with E-state index in [-0.39, 0.29) is 16.5 Å². The number of nitrogens with two attached hydrogens (primary N) is 1. The highest BCUT2D eigenvalue weighted by Crippen LogP contribution is 2.29. The fourth-order valence-corrected chi connectivity index (χ4v) is 5.28. The first kappa shape index (κ1) is 22.4. The third-order valence-corrected chi connectivity index (χ3v) is 7.11. The van der Waals surface area contributed by atoms with Crippen molar-refractivity contribution in [3.63, 3.8) is 0 Å². The van der Waals surface area contributed by atoms with E-state index in [0.717, 1.165) is 11.3 Å². The van der Waals surface area contributed by atoms with Crippen molar-refractivity contribution in [1.29, 1.82) is 0 Å². The Hall–Kier alpha value is -2.75. The molecule has 0 aliphatic heterocycles. The number of aromatic nitrogens is 1. The lowest BCUT2D eigenvalue weighted by molar-refractivity contribution is 0.156. The van der Waals surface area contributed by atoms with Crippen LogP contribution in [0, 0.1) is 0 Å². The van der Waals surface area contributed by atoms with Crippen LogP contribution < -0.4 is 9.94 Å². The molecule has 0 aliphatic carbocycles. The maximum Gasteiger partial charge on any atom is 0.239 e. The average Bonchev–Trinajstić information content (AvgIpc) is 3.16. The summed E-state index contributed by atoms with van der Waals surface area (Å²) in [6, 6.07) is 23.5. The SMILES string of the molecule is NS(=O)(=O)c1cc(-c2csc(=Nc3ccccc3)n2CC(O)c2ccccc2)ccc1Cl. The number of thiazole rings is 1. The zero-order valence-electron chi connectivity index (χ0n) is 16.8. The zero-order valence-corrected chi connectivity index (χ0v) is 19.2. The Morgan fingerprint density at radius 2 is 1.69 bits per heavy atom. The number of nitrogens with zero attached hydrogens (tertiary/aromatic N) is 2. The lowest BCUT2D eigenvalue weighted by Gasteiger charge is -2.15. The highest BCUT2D eigenvalue weighted by atomic mass is 35.5. The predicted octanol–water partition coefficient (Wildman–Crippen LogP) is 4.48. The lowest BCUT2D eigenvalue weighted by Crippen LogP contribution is -2.20. The maximum absolute atomic E-state index is 12.0. The van der Waals surface area contributed by atoms with Crippen LogP contribution in [-0.2, 0) is 16.6 Å². The first-order chi connectivity index (χ1) is 15.3. The van der Waals surface area contributed by atoms with Crippen LogP contribution in [0.25, 0.3) is 11.3 Å². The molecule has 0 aliphatic rings. The summed E-state index contributed by atoms with van der Waals surface area (Å²) in [5, 5.41) is 18.1. The molecule has 9 heteroatoms. The van der Waals surface area contributed by atoms with Crippen molar-refractivity contribution in [2.24, 2.45) is 10.1 Å². The van der Waals surface area contributed by atoms with Gasteiger partial charge in [-0.2, -0.15) is 0 Å². The quantitative estimate of drug-likeness (QED) is 0.421. The number of benzene rings is 3. The van der Waals surface area contributed by atoms with Crippen molar-refractivity contribution in [3.05, 3.63) is 99.6 Å². The molecule has 1 unspecified atom stereocenters. The van der Waals surface area contributed by atoms with Crippen LogP contribution in [0.5, 0.6) is 0 Å². The van der Waals surface area contributed by atoms with Gasteiger partial charge in [0.1, 0.15) is 4.90 Å². The van der Waals surface area contributed by atoms with E-state index in [1.54, 1.807) is 6.07 Å². The lowest BCUT2D eigenvalue weighted by atomic mass is 10.1. The summed E-state index contributed by atoms with van der Waals surface area (Å²) in [6.45, 7) is 0.224. The Labute approximate surface area is 194 Å². The van der Waals surface area contributed by atoms with Gasteiger partial charge in [0.15, 0.2) is 4.80 Å². The van der Waals surface area contributed by atoms with Crippen molar-refractivity contribution < 1.29 is 13.5 Å². The third-order valence-electron chi connectivity index (χ3n) is 4.85. The van der Waals surface area contributed by atoms with Crippen molar-refractivity contribution in [2.45, 2.75) is 17.5 Å². The highest BCUT2D eigenvalue weighted by Gasteiger charge is 2.18.